The molecule has 0 atom stereocenters. The van der Waals surface area contributed by atoms with Gasteiger partial charge in [-0.25, -0.2) is 4.98 Å². The summed E-state index contributed by atoms with van der Waals surface area (Å²) in [6.07, 6.45) is 4.09. The van der Waals surface area contributed by atoms with Crippen molar-refractivity contribution in [3.8, 4) is 5.75 Å². The third-order valence-electron chi connectivity index (χ3n) is 4.47. The molecule has 3 aromatic rings. The summed E-state index contributed by atoms with van der Waals surface area (Å²) in [6.45, 7) is 7.67. The monoisotopic (exact) mass is 307 g/mol. The van der Waals surface area contributed by atoms with Gasteiger partial charge in [-0.2, -0.15) is 0 Å². The molecule has 2 aromatic heterocycles. The van der Waals surface area contributed by atoms with Crippen LogP contribution < -0.4 is 4.74 Å². The van der Waals surface area contributed by atoms with Gasteiger partial charge in [0.15, 0.2) is 0 Å². The van der Waals surface area contributed by atoms with Crippen LogP contribution in [0.15, 0.2) is 42.7 Å². The fourth-order valence-corrected chi connectivity index (χ4v) is 3.26. The molecule has 1 aliphatic heterocycles. The first-order valence-corrected chi connectivity index (χ1v) is 8.07. The van der Waals surface area contributed by atoms with Gasteiger partial charge in [0.1, 0.15) is 18.0 Å². The first-order chi connectivity index (χ1) is 11.2. The SMILES string of the molecule is Cc1ccc2c(c1)CN(Cc1cnc3c(C)cccn13)CCO2. The minimum Gasteiger partial charge on any atom is -0.492 e. The van der Waals surface area contributed by atoms with Gasteiger partial charge in [-0.1, -0.05) is 23.8 Å². The Bertz CT molecular complexity index is 853. The average Bonchev–Trinajstić information content (AvgIpc) is 2.83. The molecule has 0 aliphatic carbocycles. The van der Waals surface area contributed by atoms with Gasteiger partial charge in [0.05, 0.1) is 11.9 Å². The number of pyridine rings is 1. The quantitative estimate of drug-likeness (QED) is 0.727. The predicted molar refractivity (Wildman–Crippen MR) is 90.7 cm³/mol. The highest BCUT2D eigenvalue weighted by atomic mass is 16.5. The topological polar surface area (TPSA) is 29.8 Å². The van der Waals surface area contributed by atoms with E-state index in [2.05, 4.69) is 64.7 Å². The van der Waals surface area contributed by atoms with Crippen molar-refractivity contribution in [2.45, 2.75) is 26.9 Å². The van der Waals surface area contributed by atoms with Crippen molar-refractivity contribution in [3.05, 3.63) is 65.1 Å². The number of aromatic nitrogens is 2. The third kappa shape index (κ3) is 2.70. The fourth-order valence-electron chi connectivity index (χ4n) is 3.26. The van der Waals surface area contributed by atoms with Crippen LogP contribution in [0.2, 0.25) is 0 Å². The fraction of sp³-hybridized carbons (Fsp3) is 0.316. The lowest BCUT2D eigenvalue weighted by Gasteiger charge is -2.19. The van der Waals surface area contributed by atoms with E-state index in [9.17, 15) is 0 Å². The number of hydrogen-bond acceptors (Lipinski definition) is 3. The van der Waals surface area contributed by atoms with E-state index >= 15 is 0 Å². The van der Waals surface area contributed by atoms with Crippen LogP contribution >= 0.6 is 0 Å². The van der Waals surface area contributed by atoms with Crippen LogP contribution in [0.3, 0.4) is 0 Å². The van der Waals surface area contributed by atoms with E-state index in [1.54, 1.807) is 0 Å². The molecule has 23 heavy (non-hydrogen) atoms. The highest BCUT2D eigenvalue weighted by molar-refractivity contribution is 5.48. The van der Waals surface area contributed by atoms with E-state index in [1.807, 2.05) is 6.20 Å². The average molecular weight is 307 g/mol. The number of benzene rings is 1. The van der Waals surface area contributed by atoms with Gasteiger partial charge in [-0.3, -0.25) is 4.90 Å². The molecule has 0 fully saturated rings. The lowest BCUT2D eigenvalue weighted by molar-refractivity contribution is 0.217. The summed E-state index contributed by atoms with van der Waals surface area (Å²) in [5, 5.41) is 0. The van der Waals surface area contributed by atoms with Gasteiger partial charge >= 0.3 is 0 Å². The van der Waals surface area contributed by atoms with E-state index < -0.39 is 0 Å². The van der Waals surface area contributed by atoms with Crippen LogP contribution in [0, 0.1) is 13.8 Å². The van der Waals surface area contributed by atoms with Crippen molar-refractivity contribution in [2.24, 2.45) is 0 Å². The summed E-state index contributed by atoms with van der Waals surface area (Å²) >= 11 is 0. The van der Waals surface area contributed by atoms with E-state index in [0.717, 1.165) is 37.6 Å². The Labute approximate surface area is 136 Å². The van der Waals surface area contributed by atoms with Crippen molar-refractivity contribution in [1.82, 2.24) is 14.3 Å². The van der Waals surface area contributed by atoms with Gasteiger partial charge in [0.2, 0.25) is 0 Å². The van der Waals surface area contributed by atoms with Crippen molar-refractivity contribution in [2.75, 3.05) is 13.2 Å². The number of hydrogen-bond donors (Lipinski definition) is 0. The molecule has 0 unspecified atom stereocenters. The summed E-state index contributed by atoms with van der Waals surface area (Å²) in [7, 11) is 0. The number of fused-ring (bicyclic) bond motifs is 2. The van der Waals surface area contributed by atoms with Crippen LogP contribution in [0.1, 0.15) is 22.4 Å². The summed E-state index contributed by atoms with van der Waals surface area (Å²) in [5.74, 6) is 1.02. The molecule has 0 N–H and O–H groups in total. The van der Waals surface area contributed by atoms with Gasteiger partial charge in [-0.05, 0) is 31.5 Å². The van der Waals surface area contributed by atoms with Crippen molar-refractivity contribution in [1.29, 1.82) is 0 Å². The molecule has 0 amide bonds. The molecule has 1 aromatic carbocycles. The minimum absolute atomic E-state index is 0.728. The number of aryl methyl sites for hydroxylation is 2. The molecule has 0 spiro atoms. The van der Waals surface area contributed by atoms with E-state index in [4.69, 9.17) is 4.74 Å². The van der Waals surface area contributed by atoms with E-state index in [0.29, 0.717) is 0 Å². The standard InChI is InChI=1S/C19H21N3O/c1-14-5-6-18-16(10-14)12-21(8-9-23-18)13-17-11-20-19-15(2)4-3-7-22(17)19/h3-7,10-11H,8-9,12-13H2,1-2H3. The molecule has 4 nitrogen and oxygen atoms in total. The number of rotatable bonds is 2. The maximum Gasteiger partial charge on any atom is 0.139 e. The zero-order valence-corrected chi connectivity index (χ0v) is 13.6. The maximum atomic E-state index is 5.90. The highest BCUT2D eigenvalue weighted by Gasteiger charge is 2.17. The zero-order valence-electron chi connectivity index (χ0n) is 13.6. The molecular formula is C19H21N3O. The molecule has 3 heterocycles. The van der Waals surface area contributed by atoms with Crippen LogP contribution in [-0.4, -0.2) is 27.4 Å². The first kappa shape index (κ1) is 14.3. The Morgan fingerprint density at radius 2 is 2.13 bits per heavy atom. The summed E-state index contributed by atoms with van der Waals surface area (Å²) in [5.41, 5.74) is 6.02. The molecule has 0 radical (unpaired) electrons. The molecule has 0 saturated carbocycles. The molecule has 1 aliphatic rings. The molecule has 4 rings (SSSR count). The second kappa shape index (κ2) is 5.70. The number of imidazole rings is 1. The van der Waals surface area contributed by atoms with Crippen molar-refractivity contribution in [3.63, 3.8) is 0 Å². The van der Waals surface area contributed by atoms with Gasteiger partial charge < -0.3 is 9.14 Å². The van der Waals surface area contributed by atoms with E-state index in [1.165, 1.54) is 22.4 Å². The molecule has 118 valence electrons. The number of ether oxygens (including phenoxy) is 1. The first-order valence-electron chi connectivity index (χ1n) is 8.07. The molecular weight excluding hydrogens is 286 g/mol. The Kier molecular flexibility index (Phi) is 3.54. The maximum absolute atomic E-state index is 5.90. The van der Waals surface area contributed by atoms with E-state index in [-0.39, 0.29) is 0 Å². The second-order valence-electron chi connectivity index (χ2n) is 6.30. The van der Waals surface area contributed by atoms with Crippen molar-refractivity contribution >= 4 is 5.65 Å². The highest BCUT2D eigenvalue weighted by Crippen LogP contribution is 2.25. The van der Waals surface area contributed by atoms with Crippen molar-refractivity contribution < 1.29 is 4.74 Å². The third-order valence-corrected chi connectivity index (χ3v) is 4.47. The summed E-state index contributed by atoms with van der Waals surface area (Å²) in [4.78, 5) is 7.00. The lowest BCUT2D eigenvalue weighted by Crippen LogP contribution is -2.25. The number of nitrogens with zero attached hydrogens (tertiary/aromatic N) is 3. The summed E-state index contributed by atoms with van der Waals surface area (Å²) < 4.78 is 8.09. The molecule has 4 heteroatoms. The minimum atomic E-state index is 0.728. The smallest absolute Gasteiger partial charge is 0.139 e. The lowest BCUT2D eigenvalue weighted by atomic mass is 10.1. The van der Waals surface area contributed by atoms with Crippen LogP contribution in [-0.2, 0) is 13.1 Å². The van der Waals surface area contributed by atoms with Gasteiger partial charge in [-0.15, -0.1) is 0 Å². The second-order valence-corrected chi connectivity index (χ2v) is 6.30. The van der Waals surface area contributed by atoms with Crippen LogP contribution in [0.4, 0.5) is 0 Å². The predicted octanol–water partition coefficient (Wildman–Crippen LogP) is 3.35. The molecule has 0 saturated heterocycles. The van der Waals surface area contributed by atoms with Gasteiger partial charge in [0, 0.05) is 31.4 Å². The Morgan fingerprint density at radius 3 is 3.04 bits per heavy atom. The Morgan fingerprint density at radius 1 is 1.22 bits per heavy atom. The van der Waals surface area contributed by atoms with Crippen LogP contribution in [0.25, 0.3) is 5.65 Å². The Balaban J connectivity index is 1.62. The van der Waals surface area contributed by atoms with Crippen LogP contribution in [0.5, 0.6) is 5.75 Å². The largest absolute Gasteiger partial charge is 0.492 e. The summed E-state index contributed by atoms with van der Waals surface area (Å²) in [6, 6.07) is 10.6. The molecule has 0 bridgehead atoms. The Hall–Kier alpha value is -2.33. The normalized spacial score (nSPS) is 15.2. The van der Waals surface area contributed by atoms with Gasteiger partial charge in [0.25, 0.3) is 0 Å². The zero-order chi connectivity index (χ0) is 15.8.